The van der Waals surface area contributed by atoms with Crippen LogP contribution in [0, 0.1) is 0 Å². The molecule has 0 bridgehead atoms. The van der Waals surface area contributed by atoms with Crippen molar-refractivity contribution in [3.05, 3.63) is 29.1 Å². The van der Waals surface area contributed by atoms with Crippen LogP contribution in [0.15, 0.2) is 12.1 Å². The maximum absolute atomic E-state index is 5.52. The van der Waals surface area contributed by atoms with E-state index >= 15 is 0 Å². The average molecular weight is 280 g/mol. The summed E-state index contributed by atoms with van der Waals surface area (Å²) in [7, 11) is 2.13. The molecule has 0 spiro atoms. The van der Waals surface area contributed by atoms with Crippen molar-refractivity contribution in [1.82, 2.24) is 9.88 Å². The summed E-state index contributed by atoms with van der Waals surface area (Å²) in [5.74, 6) is 0.511. The smallest absolute Gasteiger partial charge is 0.0583 e. The van der Waals surface area contributed by atoms with E-state index < -0.39 is 0 Å². The molecule has 19 heavy (non-hydrogen) atoms. The minimum Gasteiger partial charge on any atom is -0.381 e. The van der Waals surface area contributed by atoms with Crippen LogP contribution < -0.4 is 0 Å². The maximum Gasteiger partial charge on any atom is 0.0583 e. The molecule has 1 saturated heterocycles. The highest BCUT2D eigenvalue weighted by atomic mass is 32.1. The van der Waals surface area contributed by atoms with Crippen LogP contribution in [-0.2, 0) is 11.3 Å². The van der Waals surface area contributed by atoms with Crippen LogP contribution in [0.1, 0.15) is 48.4 Å². The van der Waals surface area contributed by atoms with Gasteiger partial charge in [0.05, 0.1) is 18.0 Å². The lowest BCUT2D eigenvalue weighted by Crippen LogP contribution is -2.20. The van der Waals surface area contributed by atoms with E-state index in [1.54, 1.807) is 0 Å². The van der Waals surface area contributed by atoms with Crippen molar-refractivity contribution < 1.29 is 4.74 Å². The standard InChI is InChI=1S/C15H24N2OS/c1-4-17(3)9-15-13(12-7-8-18-10-12)5-6-14(16-15)11(2)19/h5-6,11-12,19H,4,7-10H2,1-3H3. The van der Waals surface area contributed by atoms with Crippen LogP contribution in [0.25, 0.3) is 0 Å². The first-order chi connectivity index (χ1) is 9.11. The Morgan fingerprint density at radius 1 is 1.53 bits per heavy atom. The Morgan fingerprint density at radius 3 is 2.89 bits per heavy atom. The van der Waals surface area contributed by atoms with Crippen molar-refractivity contribution >= 4 is 12.6 Å². The lowest BCUT2D eigenvalue weighted by Gasteiger charge is -2.20. The Labute approximate surface area is 121 Å². The third-order valence-electron chi connectivity index (χ3n) is 3.79. The van der Waals surface area contributed by atoms with E-state index in [-0.39, 0.29) is 5.25 Å². The zero-order chi connectivity index (χ0) is 13.8. The molecule has 0 saturated carbocycles. The number of rotatable bonds is 5. The van der Waals surface area contributed by atoms with Crippen LogP contribution in [0.2, 0.25) is 0 Å². The first kappa shape index (κ1) is 14.8. The second-order valence-corrected chi connectivity index (χ2v) is 6.11. The summed E-state index contributed by atoms with van der Waals surface area (Å²) in [5, 5.41) is 0.180. The van der Waals surface area contributed by atoms with Gasteiger partial charge in [-0.2, -0.15) is 12.6 Å². The van der Waals surface area contributed by atoms with Crippen LogP contribution >= 0.6 is 12.6 Å². The first-order valence-electron chi connectivity index (χ1n) is 7.05. The molecule has 0 amide bonds. The molecule has 1 aliphatic heterocycles. The van der Waals surface area contributed by atoms with Crippen LogP contribution in [-0.4, -0.2) is 36.7 Å². The van der Waals surface area contributed by atoms with Gasteiger partial charge < -0.3 is 9.64 Å². The van der Waals surface area contributed by atoms with E-state index in [0.717, 1.165) is 38.4 Å². The summed E-state index contributed by atoms with van der Waals surface area (Å²) in [6.07, 6.45) is 1.11. The largest absolute Gasteiger partial charge is 0.381 e. The van der Waals surface area contributed by atoms with Gasteiger partial charge in [-0.05, 0) is 38.6 Å². The monoisotopic (exact) mass is 280 g/mol. The van der Waals surface area contributed by atoms with Gasteiger partial charge in [-0.25, -0.2) is 0 Å². The molecule has 4 heteroatoms. The summed E-state index contributed by atoms with van der Waals surface area (Å²) >= 11 is 4.49. The number of nitrogens with zero attached hydrogens (tertiary/aromatic N) is 2. The van der Waals surface area contributed by atoms with Gasteiger partial charge in [0.15, 0.2) is 0 Å². The molecule has 1 fully saturated rings. The lowest BCUT2D eigenvalue weighted by atomic mass is 9.96. The van der Waals surface area contributed by atoms with Gasteiger partial charge in [0.1, 0.15) is 0 Å². The SMILES string of the molecule is CCN(C)Cc1nc(C(C)S)ccc1C1CCOC1. The number of thiol groups is 1. The van der Waals surface area contributed by atoms with Crippen molar-refractivity contribution in [2.45, 2.75) is 38.0 Å². The highest BCUT2D eigenvalue weighted by Crippen LogP contribution is 2.29. The lowest BCUT2D eigenvalue weighted by molar-refractivity contribution is 0.193. The number of aromatic nitrogens is 1. The zero-order valence-electron chi connectivity index (χ0n) is 12.1. The van der Waals surface area contributed by atoms with Gasteiger partial charge in [-0.3, -0.25) is 4.98 Å². The van der Waals surface area contributed by atoms with Crippen molar-refractivity contribution in [2.24, 2.45) is 0 Å². The highest BCUT2D eigenvalue weighted by Gasteiger charge is 2.22. The Kier molecular flexibility index (Phi) is 5.25. The topological polar surface area (TPSA) is 25.4 Å². The molecule has 2 rings (SSSR count). The Bertz CT molecular complexity index is 417. The van der Waals surface area contributed by atoms with Crippen molar-refractivity contribution in [1.29, 1.82) is 0 Å². The Balaban J connectivity index is 2.29. The van der Waals surface area contributed by atoms with E-state index in [1.165, 1.54) is 11.3 Å². The second-order valence-electron chi connectivity index (χ2n) is 5.34. The van der Waals surface area contributed by atoms with Gasteiger partial charge >= 0.3 is 0 Å². The number of ether oxygens (including phenoxy) is 1. The maximum atomic E-state index is 5.52. The van der Waals surface area contributed by atoms with Gasteiger partial charge in [0.2, 0.25) is 0 Å². The van der Waals surface area contributed by atoms with Gasteiger partial charge in [-0.15, -0.1) is 0 Å². The van der Waals surface area contributed by atoms with Crippen LogP contribution in [0.5, 0.6) is 0 Å². The van der Waals surface area contributed by atoms with Crippen molar-refractivity contribution in [2.75, 3.05) is 26.8 Å². The third-order valence-corrected chi connectivity index (χ3v) is 4.05. The van der Waals surface area contributed by atoms with Crippen LogP contribution in [0.3, 0.4) is 0 Å². The molecule has 3 nitrogen and oxygen atoms in total. The molecule has 1 aromatic heterocycles. The van der Waals surface area contributed by atoms with Crippen molar-refractivity contribution in [3.8, 4) is 0 Å². The molecule has 0 aliphatic carbocycles. The van der Waals surface area contributed by atoms with Gasteiger partial charge in [-0.1, -0.05) is 13.0 Å². The fraction of sp³-hybridized carbons (Fsp3) is 0.667. The van der Waals surface area contributed by atoms with Gasteiger partial charge in [0, 0.05) is 24.3 Å². The first-order valence-corrected chi connectivity index (χ1v) is 7.57. The van der Waals surface area contributed by atoms with Crippen molar-refractivity contribution in [3.63, 3.8) is 0 Å². The molecule has 0 N–H and O–H groups in total. The van der Waals surface area contributed by atoms with E-state index in [9.17, 15) is 0 Å². The normalized spacial score (nSPS) is 21.0. The van der Waals surface area contributed by atoms with E-state index in [4.69, 9.17) is 9.72 Å². The van der Waals surface area contributed by atoms with E-state index in [1.807, 2.05) is 0 Å². The average Bonchev–Trinajstić information content (AvgIpc) is 2.92. The molecule has 1 aliphatic rings. The third kappa shape index (κ3) is 3.71. The second kappa shape index (κ2) is 6.73. The minimum absolute atomic E-state index is 0.180. The summed E-state index contributed by atoms with van der Waals surface area (Å²) in [6.45, 7) is 7.87. The summed E-state index contributed by atoms with van der Waals surface area (Å²) in [5.41, 5.74) is 3.61. The molecule has 2 atom stereocenters. The Morgan fingerprint density at radius 2 is 2.32 bits per heavy atom. The highest BCUT2D eigenvalue weighted by molar-refractivity contribution is 7.80. The number of pyridine rings is 1. The van der Waals surface area contributed by atoms with Crippen LogP contribution in [0.4, 0.5) is 0 Å². The zero-order valence-corrected chi connectivity index (χ0v) is 13.0. The molecule has 0 radical (unpaired) electrons. The minimum atomic E-state index is 0.180. The number of hydrogen-bond donors (Lipinski definition) is 1. The molecule has 106 valence electrons. The molecule has 2 heterocycles. The fourth-order valence-electron chi connectivity index (χ4n) is 2.41. The summed E-state index contributed by atoms with van der Waals surface area (Å²) in [6, 6.07) is 4.34. The molecular formula is C15H24N2OS. The van der Waals surface area contributed by atoms with E-state index in [0.29, 0.717) is 5.92 Å². The summed E-state index contributed by atoms with van der Waals surface area (Å²) in [4.78, 5) is 7.12. The molecule has 0 aromatic carbocycles. The quantitative estimate of drug-likeness (QED) is 0.839. The predicted molar refractivity (Wildman–Crippen MR) is 81.8 cm³/mol. The summed E-state index contributed by atoms with van der Waals surface area (Å²) < 4.78 is 5.52. The van der Waals surface area contributed by atoms with Gasteiger partial charge in [0.25, 0.3) is 0 Å². The molecule has 1 aromatic rings. The number of hydrogen-bond acceptors (Lipinski definition) is 4. The Hall–Kier alpha value is -0.580. The molecular weight excluding hydrogens is 256 g/mol. The fourth-order valence-corrected chi connectivity index (χ4v) is 2.55. The van der Waals surface area contributed by atoms with E-state index in [2.05, 4.69) is 50.6 Å². The predicted octanol–water partition coefficient (Wildman–Crippen LogP) is 3.03. The molecule has 2 unspecified atom stereocenters.